The lowest BCUT2D eigenvalue weighted by Gasteiger charge is -2.21. The highest BCUT2D eigenvalue weighted by Crippen LogP contribution is 2.24. The summed E-state index contributed by atoms with van der Waals surface area (Å²) in [6.45, 7) is 8.11. The Bertz CT molecular complexity index is 476. The number of rotatable bonds is 3. The number of benzene rings is 1. The zero-order chi connectivity index (χ0) is 14.0. The predicted octanol–water partition coefficient (Wildman–Crippen LogP) is 2.62. The monoisotopic (exact) mass is 260 g/mol. The molecule has 1 aliphatic heterocycles. The molecule has 0 saturated carbocycles. The average molecular weight is 260 g/mol. The van der Waals surface area contributed by atoms with E-state index in [-0.39, 0.29) is 11.9 Å². The summed E-state index contributed by atoms with van der Waals surface area (Å²) in [6, 6.07) is 3.98. The summed E-state index contributed by atoms with van der Waals surface area (Å²) in [7, 11) is 0. The van der Waals surface area contributed by atoms with Gasteiger partial charge in [-0.2, -0.15) is 0 Å². The second-order valence-electron chi connectivity index (χ2n) is 5.62. The van der Waals surface area contributed by atoms with Crippen molar-refractivity contribution in [1.29, 1.82) is 0 Å². The largest absolute Gasteiger partial charge is 0.343 e. The van der Waals surface area contributed by atoms with E-state index in [1.807, 2.05) is 4.90 Å². The van der Waals surface area contributed by atoms with Crippen LogP contribution in [-0.2, 0) is 4.79 Å². The molecule has 3 heteroatoms. The summed E-state index contributed by atoms with van der Waals surface area (Å²) in [5, 5.41) is 0. The van der Waals surface area contributed by atoms with Gasteiger partial charge >= 0.3 is 0 Å². The van der Waals surface area contributed by atoms with Crippen LogP contribution in [0.1, 0.15) is 47.6 Å². The van der Waals surface area contributed by atoms with Crippen LogP contribution in [0.4, 0.5) is 0 Å². The second-order valence-corrected chi connectivity index (χ2v) is 5.62. The van der Waals surface area contributed by atoms with E-state index in [1.54, 1.807) is 0 Å². The maximum atomic E-state index is 12.1. The molecular formula is C16H24N2O. The van der Waals surface area contributed by atoms with Crippen molar-refractivity contribution < 1.29 is 4.79 Å². The van der Waals surface area contributed by atoms with Crippen molar-refractivity contribution in [3.05, 3.63) is 34.4 Å². The van der Waals surface area contributed by atoms with Gasteiger partial charge in [0.2, 0.25) is 5.91 Å². The second kappa shape index (κ2) is 5.74. The molecule has 1 amide bonds. The minimum Gasteiger partial charge on any atom is -0.343 e. The maximum absolute atomic E-state index is 12.1. The first-order valence-electron chi connectivity index (χ1n) is 7.10. The highest BCUT2D eigenvalue weighted by molar-refractivity contribution is 5.77. The molecule has 2 rings (SSSR count). The number of amides is 1. The molecule has 1 atom stereocenters. The van der Waals surface area contributed by atoms with Crippen LogP contribution >= 0.6 is 0 Å². The van der Waals surface area contributed by atoms with E-state index in [2.05, 4.69) is 32.9 Å². The topological polar surface area (TPSA) is 46.3 Å². The van der Waals surface area contributed by atoms with Crippen LogP contribution in [0.2, 0.25) is 0 Å². The normalized spacial score (nSPS) is 16.7. The Hall–Kier alpha value is -1.35. The molecular weight excluding hydrogens is 236 g/mol. The fourth-order valence-corrected chi connectivity index (χ4v) is 2.77. The Kier molecular flexibility index (Phi) is 4.25. The molecule has 1 fully saturated rings. The molecule has 1 unspecified atom stereocenters. The quantitative estimate of drug-likeness (QED) is 0.908. The van der Waals surface area contributed by atoms with Gasteiger partial charge in [-0.3, -0.25) is 4.79 Å². The molecule has 0 radical (unpaired) electrons. The molecule has 1 saturated heterocycles. The molecule has 2 N–H and O–H groups in total. The number of carbonyl (C=O) groups excluding carboxylic acids is 1. The minimum absolute atomic E-state index is 0.188. The number of hydrogen-bond donors (Lipinski definition) is 1. The van der Waals surface area contributed by atoms with Crippen LogP contribution in [0.5, 0.6) is 0 Å². The van der Waals surface area contributed by atoms with Crippen molar-refractivity contribution in [3.63, 3.8) is 0 Å². The molecule has 1 aromatic rings. The van der Waals surface area contributed by atoms with E-state index in [0.717, 1.165) is 31.5 Å². The number of nitrogens with zero attached hydrogens (tertiary/aromatic N) is 1. The van der Waals surface area contributed by atoms with Crippen LogP contribution in [0, 0.1) is 20.8 Å². The molecule has 1 aliphatic rings. The fraction of sp³-hybridized carbons (Fsp3) is 0.562. The summed E-state index contributed by atoms with van der Waals surface area (Å²) in [5.41, 5.74) is 11.1. The lowest BCUT2D eigenvalue weighted by atomic mass is 9.93. The fourth-order valence-electron chi connectivity index (χ4n) is 2.77. The first-order valence-corrected chi connectivity index (χ1v) is 7.10. The molecule has 104 valence electrons. The lowest BCUT2D eigenvalue weighted by molar-refractivity contribution is -0.130. The summed E-state index contributed by atoms with van der Waals surface area (Å²) in [5.74, 6) is 0.197. The van der Waals surface area contributed by atoms with Gasteiger partial charge in [0.25, 0.3) is 0 Å². The van der Waals surface area contributed by atoms with Gasteiger partial charge in [0.1, 0.15) is 0 Å². The van der Waals surface area contributed by atoms with Crippen molar-refractivity contribution in [3.8, 4) is 0 Å². The van der Waals surface area contributed by atoms with Crippen molar-refractivity contribution in [2.45, 2.75) is 46.1 Å². The third kappa shape index (κ3) is 2.98. The Balaban J connectivity index is 2.09. The first-order chi connectivity index (χ1) is 9.00. The smallest absolute Gasteiger partial charge is 0.224 e. The molecule has 3 nitrogen and oxygen atoms in total. The number of hydrogen-bond acceptors (Lipinski definition) is 2. The van der Waals surface area contributed by atoms with Crippen molar-refractivity contribution in [2.75, 3.05) is 13.1 Å². The highest BCUT2D eigenvalue weighted by Gasteiger charge is 2.21. The van der Waals surface area contributed by atoms with Crippen LogP contribution in [0.15, 0.2) is 12.1 Å². The van der Waals surface area contributed by atoms with Crippen LogP contribution in [0.3, 0.4) is 0 Å². The van der Waals surface area contributed by atoms with Crippen LogP contribution < -0.4 is 5.73 Å². The van der Waals surface area contributed by atoms with Crippen LogP contribution in [-0.4, -0.2) is 23.9 Å². The van der Waals surface area contributed by atoms with Gasteiger partial charge in [-0.15, -0.1) is 0 Å². The Morgan fingerprint density at radius 2 is 1.84 bits per heavy atom. The third-order valence-corrected chi connectivity index (χ3v) is 4.35. The van der Waals surface area contributed by atoms with E-state index < -0.39 is 0 Å². The summed E-state index contributed by atoms with van der Waals surface area (Å²) in [6.07, 6.45) is 2.68. The molecule has 1 heterocycles. The Labute approximate surface area is 115 Å². The van der Waals surface area contributed by atoms with E-state index in [4.69, 9.17) is 5.73 Å². The average Bonchev–Trinajstić information content (AvgIpc) is 2.89. The minimum atomic E-state index is -0.188. The summed E-state index contributed by atoms with van der Waals surface area (Å²) >= 11 is 0. The Morgan fingerprint density at radius 3 is 2.47 bits per heavy atom. The van der Waals surface area contributed by atoms with Crippen LogP contribution in [0.25, 0.3) is 0 Å². The standard InChI is InChI=1S/C16H24N2O/c1-11-6-7-14(13(3)12(11)2)15(17)10-16(19)18-8-4-5-9-18/h6-7,15H,4-5,8-10,17H2,1-3H3. The molecule has 0 aliphatic carbocycles. The van der Waals surface area contributed by atoms with E-state index >= 15 is 0 Å². The van der Waals surface area contributed by atoms with Gasteiger partial charge < -0.3 is 10.6 Å². The molecule has 0 aromatic heterocycles. The van der Waals surface area contributed by atoms with Gasteiger partial charge in [-0.25, -0.2) is 0 Å². The number of carbonyl (C=O) groups is 1. The molecule has 19 heavy (non-hydrogen) atoms. The zero-order valence-electron chi connectivity index (χ0n) is 12.2. The van der Waals surface area contributed by atoms with Gasteiger partial charge in [0, 0.05) is 25.6 Å². The molecule has 1 aromatic carbocycles. The van der Waals surface area contributed by atoms with E-state index in [9.17, 15) is 4.79 Å². The number of nitrogens with two attached hydrogens (primary N) is 1. The van der Waals surface area contributed by atoms with Crippen molar-refractivity contribution >= 4 is 5.91 Å². The van der Waals surface area contributed by atoms with E-state index in [0.29, 0.717) is 6.42 Å². The highest BCUT2D eigenvalue weighted by atomic mass is 16.2. The van der Waals surface area contributed by atoms with Gasteiger partial charge in [-0.05, 0) is 55.9 Å². The SMILES string of the molecule is Cc1ccc(C(N)CC(=O)N2CCCC2)c(C)c1C. The zero-order valence-corrected chi connectivity index (χ0v) is 12.2. The van der Waals surface area contributed by atoms with Gasteiger partial charge in [0.15, 0.2) is 0 Å². The Morgan fingerprint density at radius 1 is 1.21 bits per heavy atom. The first kappa shape index (κ1) is 14.1. The van der Waals surface area contributed by atoms with Crippen molar-refractivity contribution in [2.24, 2.45) is 5.73 Å². The van der Waals surface area contributed by atoms with Crippen molar-refractivity contribution in [1.82, 2.24) is 4.90 Å². The number of aryl methyl sites for hydroxylation is 1. The van der Waals surface area contributed by atoms with Gasteiger partial charge in [0.05, 0.1) is 0 Å². The summed E-state index contributed by atoms with van der Waals surface area (Å²) < 4.78 is 0. The maximum Gasteiger partial charge on any atom is 0.224 e. The predicted molar refractivity (Wildman–Crippen MR) is 78.0 cm³/mol. The third-order valence-electron chi connectivity index (χ3n) is 4.35. The summed E-state index contributed by atoms with van der Waals surface area (Å²) in [4.78, 5) is 14.1. The number of likely N-dealkylation sites (tertiary alicyclic amines) is 1. The van der Waals surface area contributed by atoms with Gasteiger partial charge in [-0.1, -0.05) is 12.1 Å². The molecule has 0 spiro atoms. The van der Waals surface area contributed by atoms with E-state index in [1.165, 1.54) is 16.7 Å². The molecule has 0 bridgehead atoms. The lowest BCUT2D eigenvalue weighted by Crippen LogP contribution is -2.30.